The normalized spacial score (nSPS) is 16.2. The van der Waals surface area contributed by atoms with E-state index in [-0.39, 0.29) is 30.5 Å². The van der Waals surface area contributed by atoms with Crippen LogP contribution in [0.3, 0.4) is 0 Å². The summed E-state index contributed by atoms with van der Waals surface area (Å²) >= 11 is 0. The quantitative estimate of drug-likeness (QED) is 0.668. The van der Waals surface area contributed by atoms with Crippen molar-refractivity contribution in [2.45, 2.75) is 13.3 Å². The number of anilines is 2. The first kappa shape index (κ1) is 9.64. The van der Waals surface area contributed by atoms with E-state index in [1.54, 1.807) is 12.3 Å². The van der Waals surface area contributed by atoms with Gasteiger partial charge in [-0.25, -0.2) is 4.98 Å². The number of nitrogens with zero attached hydrogens (tertiary/aromatic N) is 2. The third kappa shape index (κ3) is 1.56. The van der Waals surface area contributed by atoms with Gasteiger partial charge in [0.25, 0.3) is 0 Å². The van der Waals surface area contributed by atoms with Crippen molar-refractivity contribution in [3.63, 3.8) is 0 Å². The van der Waals surface area contributed by atoms with Crippen LogP contribution in [-0.2, 0) is 9.59 Å². The third-order valence-electron chi connectivity index (χ3n) is 2.41. The second kappa shape index (κ2) is 3.34. The van der Waals surface area contributed by atoms with Gasteiger partial charge < -0.3 is 10.6 Å². The van der Waals surface area contributed by atoms with Gasteiger partial charge in [0.15, 0.2) is 5.78 Å². The average Bonchev–Trinajstić information content (AvgIpc) is 2.45. The number of carbonyl (C=O) groups excluding carboxylic acids is 2. The lowest BCUT2D eigenvalue weighted by atomic mass is 10.2. The van der Waals surface area contributed by atoms with Gasteiger partial charge in [-0.15, -0.1) is 0 Å². The lowest BCUT2D eigenvalue weighted by Crippen LogP contribution is -2.26. The molecule has 2 rings (SSSR count). The van der Waals surface area contributed by atoms with Crippen molar-refractivity contribution >= 4 is 23.2 Å². The molecule has 1 aromatic rings. The van der Waals surface area contributed by atoms with Crippen molar-refractivity contribution in [2.75, 3.05) is 17.2 Å². The number of Topliss-reactive ketones (excluding diaryl/α,β-unsaturated/α-hetero) is 1. The molecule has 78 valence electrons. The van der Waals surface area contributed by atoms with Crippen LogP contribution in [0.25, 0.3) is 0 Å². The Morgan fingerprint density at radius 1 is 1.47 bits per heavy atom. The SMILES string of the molecule is Cc1ccnc(N)c1N1CC(=O)CC1=O. The lowest BCUT2D eigenvalue weighted by Gasteiger charge is -2.18. The molecule has 0 atom stereocenters. The molecule has 1 amide bonds. The molecule has 15 heavy (non-hydrogen) atoms. The largest absolute Gasteiger partial charge is 0.382 e. The molecule has 5 heteroatoms. The number of rotatable bonds is 1. The van der Waals surface area contributed by atoms with Crippen LogP contribution < -0.4 is 10.6 Å². The molecule has 1 saturated heterocycles. The van der Waals surface area contributed by atoms with Crippen LogP contribution in [0.1, 0.15) is 12.0 Å². The molecule has 0 unspecified atom stereocenters. The number of aromatic nitrogens is 1. The zero-order valence-corrected chi connectivity index (χ0v) is 8.36. The first-order chi connectivity index (χ1) is 7.09. The predicted octanol–water partition coefficient (Wildman–Crippen LogP) is 0.278. The van der Waals surface area contributed by atoms with Gasteiger partial charge in [0.05, 0.1) is 18.7 Å². The highest BCUT2D eigenvalue weighted by atomic mass is 16.2. The molecule has 2 heterocycles. The fourth-order valence-corrected chi connectivity index (χ4v) is 1.71. The van der Waals surface area contributed by atoms with E-state index < -0.39 is 0 Å². The molecule has 0 spiro atoms. The van der Waals surface area contributed by atoms with Crippen molar-refractivity contribution in [3.05, 3.63) is 17.8 Å². The Bertz CT molecular complexity index is 422. The summed E-state index contributed by atoms with van der Waals surface area (Å²) in [4.78, 5) is 28.0. The number of ketones is 1. The predicted molar refractivity (Wildman–Crippen MR) is 55.4 cm³/mol. The average molecular weight is 205 g/mol. The molecule has 1 aliphatic heterocycles. The molecule has 0 saturated carbocycles. The summed E-state index contributed by atoms with van der Waals surface area (Å²) in [6.45, 7) is 1.94. The first-order valence-electron chi connectivity index (χ1n) is 4.62. The minimum atomic E-state index is -0.206. The number of pyridine rings is 1. The van der Waals surface area contributed by atoms with Gasteiger partial charge in [-0.1, -0.05) is 0 Å². The van der Waals surface area contributed by atoms with Crippen molar-refractivity contribution in [1.29, 1.82) is 0 Å². The summed E-state index contributed by atoms with van der Waals surface area (Å²) < 4.78 is 0. The summed E-state index contributed by atoms with van der Waals surface area (Å²) in [7, 11) is 0. The summed E-state index contributed by atoms with van der Waals surface area (Å²) in [6.07, 6.45) is 1.55. The number of nitrogens with two attached hydrogens (primary N) is 1. The van der Waals surface area contributed by atoms with Crippen LogP contribution in [-0.4, -0.2) is 23.2 Å². The van der Waals surface area contributed by atoms with E-state index in [4.69, 9.17) is 5.73 Å². The van der Waals surface area contributed by atoms with Gasteiger partial charge in [0.1, 0.15) is 5.82 Å². The fraction of sp³-hybridized carbons (Fsp3) is 0.300. The Hall–Kier alpha value is -1.91. The van der Waals surface area contributed by atoms with Gasteiger partial charge in [-0.05, 0) is 18.6 Å². The number of amides is 1. The van der Waals surface area contributed by atoms with E-state index >= 15 is 0 Å². The molecule has 5 nitrogen and oxygen atoms in total. The number of hydrogen-bond donors (Lipinski definition) is 1. The van der Waals surface area contributed by atoms with Gasteiger partial charge in [0, 0.05) is 6.20 Å². The monoisotopic (exact) mass is 205 g/mol. The molecular weight excluding hydrogens is 194 g/mol. The minimum absolute atomic E-state index is 0.0340. The van der Waals surface area contributed by atoms with Gasteiger partial charge in [-0.3, -0.25) is 9.59 Å². The summed E-state index contributed by atoms with van der Waals surface area (Å²) in [5.41, 5.74) is 7.11. The minimum Gasteiger partial charge on any atom is -0.382 e. The maximum absolute atomic E-state index is 11.5. The summed E-state index contributed by atoms with van der Waals surface area (Å²) in [5.74, 6) is 0.00324. The molecule has 2 N–H and O–H groups in total. The van der Waals surface area contributed by atoms with Crippen LogP contribution in [0.4, 0.5) is 11.5 Å². The number of aryl methyl sites for hydroxylation is 1. The molecule has 1 fully saturated rings. The van der Waals surface area contributed by atoms with Crippen LogP contribution in [0, 0.1) is 6.92 Å². The van der Waals surface area contributed by atoms with E-state index in [1.807, 2.05) is 6.92 Å². The smallest absolute Gasteiger partial charge is 0.235 e. The van der Waals surface area contributed by atoms with E-state index in [0.29, 0.717) is 5.69 Å². The summed E-state index contributed by atoms with van der Waals surface area (Å²) in [5, 5.41) is 0. The molecular formula is C10H11N3O2. The third-order valence-corrected chi connectivity index (χ3v) is 2.41. The topological polar surface area (TPSA) is 76.3 Å². The number of hydrogen-bond acceptors (Lipinski definition) is 4. The van der Waals surface area contributed by atoms with Crippen molar-refractivity contribution in [3.8, 4) is 0 Å². The van der Waals surface area contributed by atoms with Gasteiger partial charge in [0.2, 0.25) is 5.91 Å². The lowest BCUT2D eigenvalue weighted by molar-refractivity contribution is -0.121. The summed E-state index contributed by atoms with van der Waals surface area (Å²) in [6, 6.07) is 1.77. The molecule has 0 bridgehead atoms. The number of nitrogen functional groups attached to an aromatic ring is 1. The van der Waals surface area contributed by atoms with Crippen LogP contribution >= 0.6 is 0 Å². The first-order valence-corrected chi connectivity index (χ1v) is 4.62. The van der Waals surface area contributed by atoms with Crippen molar-refractivity contribution < 1.29 is 9.59 Å². The maximum atomic E-state index is 11.5. The Morgan fingerprint density at radius 3 is 2.73 bits per heavy atom. The standard InChI is InChI=1S/C10H11N3O2/c1-6-2-3-12-10(11)9(6)13-5-7(14)4-8(13)15/h2-3H,4-5H2,1H3,(H2,11,12). The van der Waals surface area contributed by atoms with E-state index in [9.17, 15) is 9.59 Å². The fourth-order valence-electron chi connectivity index (χ4n) is 1.71. The zero-order chi connectivity index (χ0) is 11.0. The van der Waals surface area contributed by atoms with Crippen LogP contribution in [0.15, 0.2) is 12.3 Å². The second-order valence-corrected chi connectivity index (χ2v) is 3.56. The van der Waals surface area contributed by atoms with Crippen LogP contribution in [0.2, 0.25) is 0 Å². The van der Waals surface area contributed by atoms with Crippen LogP contribution in [0.5, 0.6) is 0 Å². The highest BCUT2D eigenvalue weighted by Crippen LogP contribution is 2.28. The van der Waals surface area contributed by atoms with Gasteiger partial charge in [-0.2, -0.15) is 0 Å². The Morgan fingerprint density at radius 2 is 2.20 bits per heavy atom. The molecule has 0 aliphatic carbocycles. The Labute approximate surface area is 86.9 Å². The van der Waals surface area contributed by atoms with Gasteiger partial charge >= 0.3 is 0 Å². The number of carbonyl (C=O) groups is 2. The maximum Gasteiger partial charge on any atom is 0.235 e. The Kier molecular flexibility index (Phi) is 2.15. The van der Waals surface area contributed by atoms with E-state index in [1.165, 1.54) is 4.90 Å². The molecule has 0 aromatic carbocycles. The second-order valence-electron chi connectivity index (χ2n) is 3.56. The highest BCUT2D eigenvalue weighted by Gasteiger charge is 2.30. The molecule has 1 aromatic heterocycles. The van der Waals surface area contributed by atoms with Crippen molar-refractivity contribution in [1.82, 2.24) is 4.98 Å². The zero-order valence-electron chi connectivity index (χ0n) is 8.36. The highest BCUT2D eigenvalue weighted by molar-refractivity contribution is 6.16. The van der Waals surface area contributed by atoms with E-state index in [0.717, 1.165) is 5.56 Å². The molecule has 0 radical (unpaired) electrons. The molecule has 1 aliphatic rings. The van der Waals surface area contributed by atoms with E-state index in [2.05, 4.69) is 4.98 Å². The Balaban J connectivity index is 2.46. The van der Waals surface area contributed by atoms with Crippen molar-refractivity contribution in [2.24, 2.45) is 0 Å².